The molecule has 1 N–H and O–H groups in total. The lowest BCUT2D eigenvalue weighted by Gasteiger charge is -2.17. The third-order valence-corrected chi connectivity index (χ3v) is 5.13. The van der Waals surface area contributed by atoms with Gasteiger partial charge in [0.1, 0.15) is 5.82 Å². The fourth-order valence-electron chi connectivity index (χ4n) is 3.80. The summed E-state index contributed by atoms with van der Waals surface area (Å²) >= 11 is 0. The average Bonchev–Trinajstić information content (AvgIpc) is 3.34. The van der Waals surface area contributed by atoms with Crippen LogP contribution in [-0.2, 0) is 30.8 Å². The minimum atomic E-state index is 0.278. The van der Waals surface area contributed by atoms with Crippen LogP contribution in [0.25, 0.3) is 0 Å². The van der Waals surface area contributed by atoms with Crippen LogP contribution in [0.4, 0.5) is 0 Å². The lowest BCUT2D eigenvalue weighted by atomic mass is 10.2. The molecule has 0 aromatic carbocycles. The van der Waals surface area contributed by atoms with E-state index in [0.29, 0.717) is 6.42 Å². The van der Waals surface area contributed by atoms with E-state index < -0.39 is 0 Å². The highest BCUT2D eigenvalue weighted by Crippen LogP contribution is 2.17. The summed E-state index contributed by atoms with van der Waals surface area (Å²) in [7, 11) is 0. The van der Waals surface area contributed by atoms with Crippen molar-refractivity contribution >= 4 is 5.91 Å². The predicted molar refractivity (Wildman–Crippen MR) is 93.7 cm³/mol. The number of rotatable bonds is 5. The highest BCUT2D eigenvalue weighted by molar-refractivity contribution is 5.76. The highest BCUT2D eigenvalue weighted by Gasteiger charge is 2.20. The SMILES string of the molecule is O=C(CCc1cc2n(n1)CCCN(Cc1ncc[nH]1)C2)N1CCCC1. The molecule has 2 aliphatic heterocycles. The first-order valence-electron chi connectivity index (χ1n) is 9.32. The fraction of sp³-hybridized carbons (Fsp3) is 0.611. The van der Waals surface area contributed by atoms with Gasteiger partial charge in [-0.15, -0.1) is 0 Å². The molecule has 2 aliphatic rings. The molecule has 0 saturated carbocycles. The van der Waals surface area contributed by atoms with Crippen molar-refractivity contribution in [3.05, 3.63) is 35.7 Å². The molecule has 7 heteroatoms. The fourth-order valence-corrected chi connectivity index (χ4v) is 3.80. The van der Waals surface area contributed by atoms with Crippen LogP contribution in [0.1, 0.15) is 42.9 Å². The maximum atomic E-state index is 12.2. The molecule has 134 valence electrons. The van der Waals surface area contributed by atoms with Gasteiger partial charge < -0.3 is 9.88 Å². The molecular weight excluding hydrogens is 316 g/mol. The molecule has 2 aromatic heterocycles. The van der Waals surface area contributed by atoms with E-state index in [1.807, 2.05) is 11.1 Å². The van der Waals surface area contributed by atoms with Gasteiger partial charge in [-0.3, -0.25) is 14.4 Å². The van der Waals surface area contributed by atoms with Gasteiger partial charge in [0.25, 0.3) is 0 Å². The van der Waals surface area contributed by atoms with Gasteiger partial charge >= 0.3 is 0 Å². The lowest BCUT2D eigenvalue weighted by molar-refractivity contribution is -0.130. The van der Waals surface area contributed by atoms with Crippen LogP contribution < -0.4 is 0 Å². The molecule has 1 fully saturated rings. The van der Waals surface area contributed by atoms with Crippen LogP contribution in [0.15, 0.2) is 18.5 Å². The van der Waals surface area contributed by atoms with E-state index in [-0.39, 0.29) is 5.91 Å². The van der Waals surface area contributed by atoms with Gasteiger partial charge in [0.2, 0.25) is 5.91 Å². The third-order valence-electron chi connectivity index (χ3n) is 5.13. The Balaban J connectivity index is 1.36. The third kappa shape index (κ3) is 3.92. The molecular formula is C18H26N6O. The number of likely N-dealkylation sites (tertiary alicyclic amines) is 1. The van der Waals surface area contributed by atoms with Gasteiger partial charge in [-0.2, -0.15) is 5.10 Å². The Bertz CT molecular complexity index is 701. The van der Waals surface area contributed by atoms with Crippen LogP contribution in [-0.4, -0.2) is 55.1 Å². The molecule has 7 nitrogen and oxygen atoms in total. The van der Waals surface area contributed by atoms with Crippen molar-refractivity contribution in [3.8, 4) is 0 Å². The largest absolute Gasteiger partial charge is 0.348 e. The Labute approximate surface area is 148 Å². The van der Waals surface area contributed by atoms with Crippen LogP contribution in [0.5, 0.6) is 0 Å². The molecule has 4 heterocycles. The Hall–Kier alpha value is -2.15. The van der Waals surface area contributed by atoms with Crippen molar-refractivity contribution < 1.29 is 4.79 Å². The Morgan fingerprint density at radius 3 is 2.84 bits per heavy atom. The second kappa shape index (κ2) is 7.39. The number of imidazole rings is 1. The minimum absolute atomic E-state index is 0.278. The van der Waals surface area contributed by atoms with Gasteiger partial charge in [0, 0.05) is 58.0 Å². The molecule has 0 spiro atoms. The normalized spacial score (nSPS) is 18.3. The topological polar surface area (TPSA) is 70.0 Å². The Morgan fingerprint density at radius 2 is 2.04 bits per heavy atom. The summed E-state index contributed by atoms with van der Waals surface area (Å²) < 4.78 is 2.12. The summed E-state index contributed by atoms with van der Waals surface area (Å²) in [6.07, 6.45) is 8.37. The molecule has 0 unspecified atom stereocenters. The van der Waals surface area contributed by atoms with E-state index in [4.69, 9.17) is 5.10 Å². The van der Waals surface area contributed by atoms with Crippen molar-refractivity contribution in [1.29, 1.82) is 0 Å². The number of nitrogens with zero attached hydrogens (tertiary/aromatic N) is 5. The van der Waals surface area contributed by atoms with Crippen molar-refractivity contribution in [2.75, 3.05) is 19.6 Å². The second-order valence-electron chi connectivity index (χ2n) is 7.04. The summed E-state index contributed by atoms with van der Waals surface area (Å²) in [5.74, 6) is 1.28. The van der Waals surface area contributed by atoms with Gasteiger partial charge in [-0.25, -0.2) is 4.98 Å². The molecule has 0 radical (unpaired) electrons. The first kappa shape index (κ1) is 16.3. The second-order valence-corrected chi connectivity index (χ2v) is 7.04. The number of hydrogen-bond acceptors (Lipinski definition) is 4. The van der Waals surface area contributed by atoms with Crippen LogP contribution >= 0.6 is 0 Å². The molecule has 1 amide bonds. The van der Waals surface area contributed by atoms with Gasteiger partial charge in [0.05, 0.1) is 17.9 Å². The number of fused-ring (bicyclic) bond motifs is 1. The standard InChI is InChI=1S/C18H26N6O/c25-18(23-9-1-2-10-23)5-4-15-12-16-13-22(8-3-11-24(16)21-15)14-17-19-6-7-20-17/h6-7,12H,1-5,8-11,13-14H2,(H,19,20). The molecule has 25 heavy (non-hydrogen) atoms. The number of hydrogen-bond donors (Lipinski definition) is 1. The zero-order chi connectivity index (χ0) is 17.1. The molecule has 0 atom stereocenters. The van der Waals surface area contributed by atoms with E-state index in [1.54, 1.807) is 6.20 Å². The van der Waals surface area contributed by atoms with Crippen LogP contribution in [0, 0.1) is 0 Å². The quantitative estimate of drug-likeness (QED) is 0.895. The number of carbonyl (C=O) groups is 1. The van der Waals surface area contributed by atoms with Gasteiger partial charge in [-0.05, 0) is 25.3 Å². The Morgan fingerprint density at radius 1 is 1.16 bits per heavy atom. The van der Waals surface area contributed by atoms with Gasteiger partial charge in [0.15, 0.2) is 0 Å². The average molecular weight is 342 g/mol. The molecule has 4 rings (SSSR count). The van der Waals surface area contributed by atoms with Crippen molar-refractivity contribution in [3.63, 3.8) is 0 Å². The summed E-state index contributed by atoms with van der Waals surface area (Å²) in [4.78, 5) is 24.1. The smallest absolute Gasteiger partial charge is 0.222 e. The number of aromatic nitrogens is 4. The van der Waals surface area contributed by atoms with Crippen LogP contribution in [0.3, 0.4) is 0 Å². The molecule has 2 aromatic rings. The molecule has 0 aliphatic carbocycles. The maximum Gasteiger partial charge on any atom is 0.222 e. The number of aromatic amines is 1. The van der Waals surface area contributed by atoms with Crippen LogP contribution in [0.2, 0.25) is 0 Å². The van der Waals surface area contributed by atoms with Crippen molar-refractivity contribution in [2.24, 2.45) is 0 Å². The van der Waals surface area contributed by atoms with Crippen molar-refractivity contribution in [1.82, 2.24) is 29.5 Å². The number of H-pyrrole nitrogens is 1. The first-order chi connectivity index (χ1) is 12.3. The number of aryl methyl sites for hydroxylation is 2. The van der Waals surface area contributed by atoms with E-state index in [2.05, 4.69) is 25.6 Å². The summed E-state index contributed by atoms with van der Waals surface area (Å²) in [6.45, 7) is 5.58. The predicted octanol–water partition coefficient (Wildman–Crippen LogP) is 1.57. The van der Waals surface area contributed by atoms with Gasteiger partial charge in [-0.1, -0.05) is 0 Å². The lowest BCUT2D eigenvalue weighted by Crippen LogP contribution is -2.27. The summed E-state index contributed by atoms with van der Waals surface area (Å²) in [5, 5.41) is 4.74. The van der Waals surface area contributed by atoms with E-state index in [1.165, 1.54) is 5.69 Å². The minimum Gasteiger partial charge on any atom is -0.348 e. The number of carbonyl (C=O) groups excluding carboxylic acids is 1. The molecule has 1 saturated heterocycles. The zero-order valence-electron chi connectivity index (χ0n) is 14.7. The van der Waals surface area contributed by atoms with E-state index in [9.17, 15) is 4.79 Å². The Kier molecular flexibility index (Phi) is 4.83. The summed E-state index contributed by atoms with van der Waals surface area (Å²) in [6, 6.07) is 2.18. The monoisotopic (exact) mass is 342 g/mol. The van der Waals surface area contributed by atoms with E-state index >= 15 is 0 Å². The molecule has 0 bridgehead atoms. The number of amides is 1. The van der Waals surface area contributed by atoms with E-state index in [0.717, 1.165) is 76.5 Å². The van der Waals surface area contributed by atoms with Crippen molar-refractivity contribution in [2.45, 2.75) is 51.7 Å². The highest BCUT2D eigenvalue weighted by atomic mass is 16.2. The first-order valence-corrected chi connectivity index (χ1v) is 9.32. The zero-order valence-corrected chi connectivity index (χ0v) is 14.7. The maximum absolute atomic E-state index is 12.2. The summed E-state index contributed by atoms with van der Waals surface area (Å²) in [5.41, 5.74) is 2.29. The number of nitrogens with one attached hydrogen (secondary N) is 1.